The predicted octanol–water partition coefficient (Wildman–Crippen LogP) is 3.31. The number of aliphatic hydroxyl groups excluding tert-OH is 2. The van der Waals surface area contributed by atoms with Crippen LogP contribution >= 0.6 is 23.2 Å². The van der Waals surface area contributed by atoms with E-state index in [1.807, 2.05) is 48.5 Å². The highest BCUT2D eigenvalue weighted by Gasteiger charge is 2.05. The Morgan fingerprint density at radius 3 is 1.29 bits per heavy atom. The van der Waals surface area contributed by atoms with Gasteiger partial charge in [0.1, 0.15) is 36.9 Å². The van der Waals surface area contributed by atoms with E-state index in [9.17, 15) is 10.2 Å². The van der Waals surface area contributed by atoms with Crippen molar-refractivity contribution in [3.8, 4) is 22.6 Å². The van der Waals surface area contributed by atoms with Crippen LogP contribution in [0.1, 0.15) is 0 Å². The number of hydrogen-bond acceptors (Lipinski definition) is 4. The minimum atomic E-state index is -0.670. The number of alkyl halides is 2. The van der Waals surface area contributed by atoms with E-state index in [4.69, 9.17) is 32.7 Å². The van der Waals surface area contributed by atoms with Crippen LogP contribution < -0.4 is 9.47 Å². The largest absolute Gasteiger partial charge is 0.491 e. The molecule has 24 heavy (non-hydrogen) atoms. The molecule has 2 aromatic rings. The van der Waals surface area contributed by atoms with Gasteiger partial charge in [0.05, 0.1) is 11.8 Å². The summed E-state index contributed by atoms with van der Waals surface area (Å²) in [5.74, 6) is 1.65. The van der Waals surface area contributed by atoms with Gasteiger partial charge in [0.15, 0.2) is 0 Å². The average molecular weight is 371 g/mol. The smallest absolute Gasteiger partial charge is 0.119 e. The summed E-state index contributed by atoms with van der Waals surface area (Å²) in [5.41, 5.74) is 2.07. The van der Waals surface area contributed by atoms with Crippen molar-refractivity contribution in [3.63, 3.8) is 0 Å². The van der Waals surface area contributed by atoms with Gasteiger partial charge in [0, 0.05) is 0 Å². The van der Waals surface area contributed by atoms with Gasteiger partial charge >= 0.3 is 0 Å². The van der Waals surface area contributed by atoms with Gasteiger partial charge in [0.2, 0.25) is 0 Å². The van der Waals surface area contributed by atoms with E-state index in [2.05, 4.69) is 0 Å². The van der Waals surface area contributed by atoms with Crippen LogP contribution in [-0.2, 0) is 0 Å². The Morgan fingerprint density at radius 1 is 0.667 bits per heavy atom. The summed E-state index contributed by atoms with van der Waals surface area (Å²) < 4.78 is 10.9. The number of hydrogen-bond donors (Lipinski definition) is 2. The first-order valence-corrected chi connectivity index (χ1v) is 8.63. The lowest BCUT2D eigenvalue weighted by Gasteiger charge is -2.11. The molecule has 0 saturated heterocycles. The second-order valence-corrected chi connectivity index (χ2v) is 5.90. The number of rotatable bonds is 9. The molecule has 0 aliphatic heterocycles. The number of ether oxygens (including phenoxy) is 2. The maximum absolute atomic E-state index is 9.38. The first-order valence-electron chi connectivity index (χ1n) is 7.56. The van der Waals surface area contributed by atoms with Gasteiger partial charge in [-0.1, -0.05) is 24.3 Å². The zero-order valence-corrected chi connectivity index (χ0v) is 14.6. The fraction of sp³-hybridized carbons (Fsp3) is 0.333. The van der Waals surface area contributed by atoms with Crippen molar-refractivity contribution in [2.24, 2.45) is 0 Å². The molecule has 2 rings (SSSR count). The van der Waals surface area contributed by atoms with Crippen molar-refractivity contribution in [3.05, 3.63) is 48.5 Å². The Kier molecular flexibility index (Phi) is 7.66. The van der Waals surface area contributed by atoms with E-state index >= 15 is 0 Å². The molecule has 0 bridgehead atoms. The summed E-state index contributed by atoms with van der Waals surface area (Å²) in [6.45, 7) is 0.339. The monoisotopic (exact) mass is 370 g/mol. The zero-order valence-electron chi connectivity index (χ0n) is 13.1. The zero-order chi connectivity index (χ0) is 17.4. The van der Waals surface area contributed by atoms with Gasteiger partial charge in [-0.25, -0.2) is 0 Å². The predicted molar refractivity (Wildman–Crippen MR) is 96.3 cm³/mol. The van der Waals surface area contributed by atoms with E-state index in [1.165, 1.54) is 0 Å². The standard InChI is InChI=1S/C18H20Cl2O4/c19-9-15(21)11-23-17-5-1-13(2-6-17)14-3-7-18(8-4-14)24-12-16(22)10-20/h1-8,15-16,21-22H,9-12H2. The fourth-order valence-corrected chi connectivity index (χ4v) is 2.14. The van der Waals surface area contributed by atoms with Gasteiger partial charge in [0.25, 0.3) is 0 Å². The molecule has 2 atom stereocenters. The quantitative estimate of drug-likeness (QED) is 0.664. The third-order valence-electron chi connectivity index (χ3n) is 3.28. The number of halogens is 2. The van der Waals surface area contributed by atoms with Crippen molar-refractivity contribution in [2.75, 3.05) is 25.0 Å². The Bertz CT molecular complexity index is 546. The van der Waals surface area contributed by atoms with Crippen LogP contribution in [0.3, 0.4) is 0 Å². The van der Waals surface area contributed by atoms with Crippen molar-refractivity contribution in [2.45, 2.75) is 12.2 Å². The number of aliphatic hydroxyl groups is 2. The molecular formula is C18H20Cl2O4. The van der Waals surface area contributed by atoms with Gasteiger partial charge in [-0.3, -0.25) is 0 Å². The lowest BCUT2D eigenvalue weighted by atomic mass is 10.1. The molecule has 0 saturated carbocycles. The molecule has 2 unspecified atom stereocenters. The minimum Gasteiger partial charge on any atom is -0.491 e. The molecule has 0 fully saturated rings. The molecule has 0 aliphatic rings. The normalized spacial score (nSPS) is 13.3. The van der Waals surface area contributed by atoms with Crippen LogP contribution in [0.4, 0.5) is 0 Å². The third-order valence-corrected chi connectivity index (χ3v) is 4.00. The molecule has 130 valence electrons. The Hall–Kier alpha value is -1.46. The molecule has 2 aromatic carbocycles. The molecule has 0 aromatic heterocycles. The first kappa shape index (κ1) is 18.9. The summed E-state index contributed by atoms with van der Waals surface area (Å²) in [5, 5.41) is 18.8. The van der Waals surface area contributed by atoms with Crippen molar-refractivity contribution in [1.29, 1.82) is 0 Å². The van der Waals surface area contributed by atoms with Gasteiger partial charge < -0.3 is 19.7 Å². The lowest BCUT2D eigenvalue weighted by Crippen LogP contribution is -2.18. The number of benzene rings is 2. The first-order chi connectivity index (χ1) is 11.6. The molecule has 2 N–H and O–H groups in total. The second kappa shape index (κ2) is 9.74. The van der Waals surface area contributed by atoms with E-state index in [-0.39, 0.29) is 25.0 Å². The summed E-state index contributed by atoms with van der Waals surface area (Å²) in [4.78, 5) is 0. The second-order valence-electron chi connectivity index (χ2n) is 5.29. The van der Waals surface area contributed by atoms with Crippen molar-refractivity contribution >= 4 is 23.2 Å². The minimum absolute atomic E-state index is 0.147. The van der Waals surface area contributed by atoms with E-state index in [0.717, 1.165) is 11.1 Å². The SMILES string of the molecule is OC(CCl)COc1ccc(-c2ccc(OCC(O)CCl)cc2)cc1. The Balaban J connectivity index is 1.93. The Morgan fingerprint density at radius 2 is 1.00 bits per heavy atom. The van der Waals surface area contributed by atoms with Crippen LogP contribution in [0.2, 0.25) is 0 Å². The van der Waals surface area contributed by atoms with Crippen LogP contribution in [-0.4, -0.2) is 47.4 Å². The highest BCUT2D eigenvalue weighted by atomic mass is 35.5. The van der Waals surface area contributed by atoms with Crippen molar-refractivity contribution in [1.82, 2.24) is 0 Å². The Labute approximate surface area is 151 Å². The van der Waals surface area contributed by atoms with Gasteiger partial charge in [-0.2, -0.15) is 0 Å². The van der Waals surface area contributed by atoms with Gasteiger partial charge in [-0.05, 0) is 35.4 Å². The van der Waals surface area contributed by atoms with E-state index in [0.29, 0.717) is 11.5 Å². The summed E-state index contributed by atoms with van der Waals surface area (Å²) in [6.07, 6.45) is -1.34. The summed E-state index contributed by atoms with van der Waals surface area (Å²) in [7, 11) is 0. The molecule has 4 nitrogen and oxygen atoms in total. The summed E-state index contributed by atoms with van der Waals surface area (Å²) >= 11 is 11.0. The molecule has 0 heterocycles. The molecular weight excluding hydrogens is 351 g/mol. The van der Waals surface area contributed by atoms with E-state index < -0.39 is 12.2 Å². The molecule has 0 spiro atoms. The average Bonchev–Trinajstić information content (AvgIpc) is 2.65. The molecule has 0 aliphatic carbocycles. The maximum atomic E-state index is 9.38. The molecule has 6 heteroatoms. The highest BCUT2D eigenvalue weighted by Crippen LogP contribution is 2.24. The molecule has 0 amide bonds. The van der Waals surface area contributed by atoms with Crippen molar-refractivity contribution < 1.29 is 19.7 Å². The maximum Gasteiger partial charge on any atom is 0.119 e. The van der Waals surface area contributed by atoms with Crippen LogP contribution in [0.15, 0.2) is 48.5 Å². The summed E-state index contributed by atoms with van der Waals surface area (Å²) in [6, 6.07) is 15.1. The van der Waals surface area contributed by atoms with E-state index in [1.54, 1.807) is 0 Å². The third kappa shape index (κ3) is 5.87. The fourth-order valence-electron chi connectivity index (χ4n) is 1.96. The molecule has 0 radical (unpaired) electrons. The van der Waals surface area contributed by atoms with Crippen LogP contribution in [0.25, 0.3) is 11.1 Å². The van der Waals surface area contributed by atoms with Crippen LogP contribution in [0, 0.1) is 0 Å². The van der Waals surface area contributed by atoms with Gasteiger partial charge in [-0.15, -0.1) is 23.2 Å². The lowest BCUT2D eigenvalue weighted by molar-refractivity contribution is 0.125. The van der Waals surface area contributed by atoms with Crippen LogP contribution in [0.5, 0.6) is 11.5 Å². The highest BCUT2D eigenvalue weighted by molar-refractivity contribution is 6.18. The topological polar surface area (TPSA) is 58.9 Å².